The highest BCUT2D eigenvalue weighted by atomic mass is 16.5. The van der Waals surface area contributed by atoms with Gasteiger partial charge < -0.3 is 20.5 Å². The standard InChI is InChI=1S/C13H18N2O4/c1-8-10(13(18)19-3)4-9(5-11(8)14-2)6-15-7-12(16)17/h4-5,14-15H,6-7H2,1-3H3,(H,16,17). The maximum absolute atomic E-state index is 11.7. The van der Waals surface area contributed by atoms with Crippen LogP contribution >= 0.6 is 0 Å². The van der Waals surface area contributed by atoms with Crippen molar-refractivity contribution >= 4 is 17.6 Å². The highest BCUT2D eigenvalue weighted by molar-refractivity contribution is 5.93. The van der Waals surface area contributed by atoms with Gasteiger partial charge >= 0.3 is 11.9 Å². The molecular formula is C13H18N2O4. The number of methoxy groups -OCH3 is 1. The Labute approximate surface area is 111 Å². The fourth-order valence-corrected chi connectivity index (χ4v) is 1.77. The zero-order valence-corrected chi connectivity index (χ0v) is 11.2. The number of carboxylic acid groups (broad SMARTS) is 1. The van der Waals surface area contributed by atoms with Gasteiger partial charge in [-0.15, -0.1) is 0 Å². The third-order valence-corrected chi connectivity index (χ3v) is 2.75. The molecule has 0 radical (unpaired) electrons. The molecule has 0 amide bonds. The summed E-state index contributed by atoms with van der Waals surface area (Å²) in [5.74, 6) is -1.33. The molecule has 1 rings (SSSR count). The normalized spacial score (nSPS) is 10.1. The third kappa shape index (κ3) is 3.96. The van der Waals surface area contributed by atoms with Crippen molar-refractivity contribution in [1.82, 2.24) is 5.32 Å². The van der Waals surface area contributed by atoms with E-state index in [1.165, 1.54) is 7.11 Å². The Balaban J connectivity index is 2.99. The first-order valence-electron chi connectivity index (χ1n) is 5.81. The molecular weight excluding hydrogens is 248 g/mol. The number of ether oxygens (including phenoxy) is 1. The molecule has 104 valence electrons. The fraction of sp³-hybridized carbons (Fsp3) is 0.385. The van der Waals surface area contributed by atoms with Crippen molar-refractivity contribution in [3.05, 3.63) is 28.8 Å². The van der Waals surface area contributed by atoms with Crippen LogP contribution in [0.2, 0.25) is 0 Å². The summed E-state index contributed by atoms with van der Waals surface area (Å²) in [6.07, 6.45) is 0. The van der Waals surface area contributed by atoms with Gasteiger partial charge in [-0.3, -0.25) is 4.79 Å². The first-order valence-corrected chi connectivity index (χ1v) is 5.81. The van der Waals surface area contributed by atoms with Crippen LogP contribution in [0.25, 0.3) is 0 Å². The van der Waals surface area contributed by atoms with Gasteiger partial charge in [0.25, 0.3) is 0 Å². The predicted octanol–water partition coefficient (Wildman–Crippen LogP) is 0.998. The van der Waals surface area contributed by atoms with Gasteiger partial charge in [-0.1, -0.05) is 0 Å². The average Bonchev–Trinajstić information content (AvgIpc) is 2.39. The number of carbonyl (C=O) groups excluding carboxylic acids is 1. The molecule has 0 saturated heterocycles. The van der Waals surface area contributed by atoms with Crippen LogP contribution in [0, 0.1) is 6.92 Å². The van der Waals surface area contributed by atoms with Crippen LogP contribution in [0.15, 0.2) is 12.1 Å². The minimum absolute atomic E-state index is 0.129. The Morgan fingerprint density at radius 1 is 1.37 bits per heavy atom. The number of carboxylic acids is 1. The largest absolute Gasteiger partial charge is 0.480 e. The first-order chi connectivity index (χ1) is 8.99. The molecule has 0 aromatic heterocycles. The van der Waals surface area contributed by atoms with E-state index in [-0.39, 0.29) is 6.54 Å². The van der Waals surface area contributed by atoms with Crippen LogP contribution in [-0.4, -0.2) is 37.7 Å². The van der Waals surface area contributed by atoms with E-state index in [9.17, 15) is 9.59 Å². The van der Waals surface area contributed by atoms with Crippen LogP contribution in [-0.2, 0) is 16.1 Å². The smallest absolute Gasteiger partial charge is 0.338 e. The molecule has 6 nitrogen and oxygen atoms in total. The van der Waals surface area contributed by atoms with Crippen molar-refractivity contribution < 1.29 is 19.4 Å². The van der Waals surface area contributed by atoms with Crippen LogP contribution in [0.4, 0.5) is 5.69 Å². The summed E-state index contributed by atoms with van der Waals surface area (Å²) in [6.45, 7) is 2.06. The predicted molar refractivity (Wildman–Crippen MR) is 71.4 cm³/mol. The molecule has 6 heteroatoms. The quantitative estimate of drug-likeness (QED) is 0.666. The molecule has 3 N–H and O–H groups in total. The fourth-order valence-electron chi connectivity index (χ4n) is 1.77. The number of benzene rings is 1. The Morgan fingerprint density at radius 2 is 2.05 bits per heavy atom. The van der Waals surface area contributed by atoms with E-state index in [4.69, 9.17) is 9.84 Å². The Kier molecular flexibility index (Phi) is 5.32. The Morgan fingerprint density at radius 3 is 2.58 bits per heavy atom. The summed E-state index contributed by atoms with van der Waals surface area (Å²) >= 11 is 0. The van der Waals surface area contributed by atoms with Crippen molar-refractivity contribution in [3.8, 4) is 0 Å². The summed E-state index contributed by atoms with van der Waals surface area (Å²) in [6, 6.07) is 3.58. The Bertz CT molecular complexity index is 486. The minimum Gasteiger partial charge on any atom is -0.480 e. The van der Waals surface area contributed by atoms with E-state index in [2.05, 4.69) is 10.6 Å². The number of hydrogen-bond acceptors (Lipinski definition) is 5. The first kappa shape index (κ1) is 15.0. The molecule has 0 unspecified atom stereocenters. The van der Waals surface area contributed by atoms with E-state index in [1.807, 2.05) is 13.0 Å². The van der Waals surface area contributed by atoms with E-state index in [1.54, 1.807) is 13.1 Å². The van der Waals surface area contributed by atoms with Gasteiger partial charge in [-0.25, -0.2) is 4.79 Å². The average molecular weight is 266 g/mol. The molecule has 0 saturated carbocycles. The van der Waals surface area contributed by atoms with E-state index >= 15 is 0 Å². The lowest BCUT2D eigenvalue weighted by atomic mass is 10.0. The summed E-state index contributed by atoms with van der Waals surface area (Å²) in [4.78, 5) is 22.1. The lowest BCUT2D eigenvalue weighted by Gasteiger charge is -2.13. The van der Waals surface area contributed by atoms with Gasteiger partial charge in [-0.05, 0) is 30.2 Å². The summed E-state index contributed by atoms with van der Waals surface area (Å²) < 4.78 is 4.73. The zero-order chi connectivity index (χ0) is 14.4. The van der Waals surface area contributed by atoms with Crippen LogP contribution in [0.3, 0.4) is 0 Å². The van der Waals surface area contributed by atoms with Crippen molar-refractivity contribution in [3.63, 3.8) is 0 Å². The van der Waals surface area contributed by atoms with Gasteiger partial charge in [0.05, 0.1) is 19.2 Å². The molecule has 0 aliphatic carbocycles. The molecule has 19 heavy (non-hydrogen) atoms. The number of anilines is 1. The molecule has 1 aromatic carbocycles. The molecule has 0 fully saturated rings. The van der Waals surface area contributed by atoms with Crippen LogP contribution < -0.4 is 10.6 Å². The number of nitrogens with one attached hydrogen (secondary N) is 2. The Hall–Kier alpha value is -2.08. The summed E-state index contributed by atoms with van der Waals surface area (Å²) in [7, 11) is 3.09. The van der Waals surface area contributed by atoms with E-state index in [0.29, 0.717) is 12.1 Å². The van der Waals surface area contributed by atoms with E-state index in [0.717, 1.165) is 16.8 Å². The zero-order valence-electron chi connectivity index (χ0n) is 11.2. The summed E-state index contributed by atoms with van der Waals surface area (Å²) in [5.41, 5.74) is 2.91. The van der Waals surface area contributed by atoms with Gasteiger partial charge in [-0.2, -0.15) is 0 Å². The lowest BCUT2D eigenvalue weighted by molar-refractivity contribution is -0.136. The van der Waals surface area contributed by atoms with Crippen LogP contribution in [0.1, 0.15) is 21.5 Å². The molecule has 0 aliphatic rings. The van der Waals surface area contributed by atoms with Gasteiger partial charge in [0.15, 0.2) is 0 Å². The number of aliphatic carboxylic acids is 1. The second kappa shape index (κ2) is 6.75. The van der Waals surface area contributed by atoms with E-state index < -0.39 is 11.9 Å². The molecule has 0 aliphatic heterocycles. The monoisotopic (exact) mass is 266 g/mol. The number of esters is 1. The van der Waals surface area contributed by atoms with Gasteiger partial charge in [0.2, 0.25) is 0 Å². The highest BCUT2D eigenvalue weighted by Gasteiger charge is 2.13. The lowest BCUT2D eigenvalue weighted by Crippen LogP contribution is -2.22. The number of hydrogen-bond donors (Lipinski definition) is 3. The maximum atomic E-state index is 11.7. The molecule has 0 spiro atoms. The van der Waals surface area contributed by atoms with Crippen molar-refractivity contribution in [2.24, 2.45) is 0 Å². The minimum atomic E-state index is -0.922. The SMILES string of the molecule is CNc1cc(CNCC(=O)O)cc(C(=O)OC)c1C. The van der Waals surface area contributed by atoms with Crippen molar-refractivity contribution in [1.29, 1.82) is 0 Å². The topological polar surface area (TPSA) is 87.7 Å². The van der Waals surface area contributed by atoms with Crippen molar-refractivity contribution in [2.75, 3.05) is 26.0 Å². The molecule has 0 heterocycles. The number of carbonyl (C=O) groups is 2. The molecule has 0 atom stereocenters. The van der Waals surface area contributed by atoms with Gasteiger partial charge in [0, 0.05) is 19.3 Å². The van der Waals surface area contributed by atoms with Crippen LogP contribution in [0.5, 0.6) is 0 Å². The number of rotatable bonds is 6. The molecule has 1 aromatic rings. The van der Waals surface area contributed by atoms with Crippen molar-refractivity contribution in [2.45, 2.75) is 13.5 Å². The second-order valence-electron chi connectivity index (χ2n) is 4.05. The molecule has 0 bridgehead atoms. The summed E-state index contributed by atoms with van der Waals surface area (Å²) in [5, 5.41) is 14.3. The van der Waals surface area contributed by atoms with Gasteiger partial charge in [0.1, 0.15) is 0 Å². The maximum Gasteiger partial charge on any atom is 0.338 e. The third-order valence-electron chi connectivity index (χ3n) is 2.75. The second-order valence-corrected chi connectivity index (χ2v) is 4.05. The highest BCUT2D eigenvalue weighted by Crippen LogP contribution is 2.22.